The first-order valence-corrected chi connectivity index (χ1v) is 9.02. The van der Waals surface area contributed by atoms with Gasteiger partial charge in [0.2, 0.25) is 5.69 Å². The van der Waals surface area contributed by atoms with E-state index in [0.29, 0.717) is 6.42 Å². The SMILES string of the molecule is [C-]#[N+]c1cc2c(cc1F)Oc1cccc(F)c1[C@@H]1[C@@H](NC(=O)C(F)(F)F)CCCN21. The molecule has 5 nitrogen and oxygen atoms in total. The van der Waals surface area contributed by atoms with Gasteiger partial charge in [-0.2, -0.15) is 13.2 Å². The van der Waals surface area contributed by atoms with Gasteiger partial charge in [-0.15, -0.1) is 0 Å². The number of nitrogens with zero attached hydrogens (tertiary/aromatic N) is 2. The van der Waals surface area contributed by atoms with Crippen LogP contribution in [0.4, 0.5) is 33.3 Å². The predicted octanol–water partition coefficient (Wildman–Crippen LogP) is 5.01. The number of nitrogens with one attached hydrogen (secondary N) is 1. The highest BCUT2D eigenvalue weighted by Crippen LogP contribution is 2.50. The van der Waals surface area contributed by atoms with E-state index in [9.17, 15) is 26.7 Å². The number of halogens is 5. The molecule has 0 aromatic heterocycles. The smallest absolute Gasteiger partial charge is 0.455 e. The number of rotatable bonds is 1. The Hall–Kier alpha value is -3.35. The first-order valence-electron chi connectivity index (χ1n) is 9.02. The molecular formula is C20H14F5N3O2. The van der Waals surface area contributed by atoms with Gasteiger partial charge in [0.25, 0.3) is 0 Å². The van der Waals surface area contributed by atoms with E-state index >= 15 is 0 Å². The van der Waals surface area contributed by atoms with Crippen molar-refractivity contribution in [2.24, 2.45) is 0 Å². The fourth-order valence-corrected chi connectivity index (χ4v) is 3.96. The van der Waals surface area contributed by atoms with Crippen molar-refractivity contribution in [1.29, 1.82) is 0 Å². The first-order chi connectivity index (χ1) is 14.2. The molecule has 2 aliphatic rings. The molecule has 0 bridgehead atoms. The molecule has 1 amide bonds. The summed E-state index contributed by atoms with van der Waals surface area (Å²) in [6.07, 6.45) is -4.55. The van der Waals surface area contributed by atoms with Crippen LogP contribution in [-0.4, -0.2) is 24.7 Å². The molecule has 0 radical (unpaired) electrons. The van der Waals surface area contributed by atoms with E-state index in [4.69, 9.17) is 11.3 Å². The van der Waals surface area contributed by atoms with Crippen LogP contribution in [0.5, 0.6) is 11.5 Å². The van der Waals surface area contributed by atoms with Crippen LogP contribution in [-0.2, 0) is 4.79 Å². The van der Waals surface area contributed by atoms with Crippen molar-refractivity contribution in [3.05, 3.63) is 58.9 Å². The van der Waals surface area contributed by atoms with Crippen LogP contribution in [0, 0.1) is 18.2 Å². The molecule has 2 heterocycles. The van der Waals surface area contributed by atoms with Gasteiger partial charge in [0.15, 0.2) is 5.75 Å². The fraction of sp³-hybridized carbons (Fsp3) is 0.300. The van der Waals surface area contributed by atoms with Crippen LogP contribution < -0.4 is 15.0 Å². The zero-order valence-corrected chi connectivity index (χ0v) is 15.3. The normalized spacial score (nSPS) is 20.1. The van der Waals surface area contributed by atoms with Crippen LogP contribution in [0.25, 0.3) is 4.85 Å². The number of alkyl halides is 3. The van der Waals surface area contributed by atoms with Gasteiger partial charge in [0.1, 0.15) is 17.4 Å². The minimum Gasteiger partial charge on any atom is -0.455 e. The molecular weight excluding hydrogens is 409 g/mol. The molecule has 2 aliphatic heterocycles. The average molecular weight is 423 g/mol. The molecule has 1 saturated heterocycles. The Balaban J connectivity index is 1.89. The molecule has 156 valence electrons. The Labute approximate surface area is 167 Å². The number of ether oxygens (including phenoxy) is 1. The summed E-state index contributed by atoms with van der Waals surface area (Å²) in [5.41, 5.74) is -0.0939. The van der Waals surface area contributed by atoms with E-state index in [-0.39, 0.29) is 41.4 Å². The highest BCUT2D eigenvalue weighted by molar-refractivity contribution is 5.82. The maximum absolute atomic E-state index is 14.9. The molecule has 0 spiro atoms. The summed E-state index contributed by atoms with van der Waals surface area (Å²) in [5, 5.41) is 1.96. The Morgan fingerprint density at radius 2 is 1.97 bits per heavy atom. The summed E-state index contributed by atoms with van der Waals surface area (Å²) in [4.78, 5) is 16.3. The molecule has 2 aromatic rings. The van der Waals surface area contributed by atoms with Gasteiger partial charge >= 0.3 is 12.1 Å². The van der Waals surface area contributed by atoms with Crippen molar-refractivity contribution in [1.82, 2.24) is 5.32 Å². The van der Waals surface area contributed by atoms with Crippen molar-refractivity contribution in [3.8, 4) is 11.5 Å². The molecule has 10 heteroatoms. The van der Waals surface area contributed by atoms with Gasteiger partial charge in [0, 0.05) is 12.6 Å². The second kappa shape index (κ2) is 7.16. The number of hydrogen-bond acceptors (Lipinski definition) is 3. The highest BCUT2D eigenvalue weighted by Gasteiger charge is 2.45. The van der Waals surface area contributed by atoms with Gasteiger partial charge in [-0.3, -0.25) is 4.79 Å². The zero-order chi connectivity index (χ0) is 21.6. The summed E-state index contributed by atoms with van der Waals surface area (Å²) in [5.74, 6) is -3.67. The highest BCUT2D eigenvalue weighted by atomic mass is 19.4. The second-order valence-electron chi connectivity index (χ2n) is 7.00. The van der Waals surface area contributed by atoms with E-state index in [0.717, 1.165) is 12.1 Å². The average Bonchev–Trinajstić information content (AvgIpc) is 2.82. The number of carbonyl (C=O) groups is 1. The van der Waals surface area contributed by atoms with Gasteiger partial charge in [-0.25, -0.2) is 13.6 Å². The number of benzene rings is 2. The maximum atomic E-state index is 14.9. The van der Waals surface area contributed by atoms with Crippen LogP contribution in [0.3, 0.4) is 0 Å². The number of carbonyl (C=O) groups excluding carboxylic acids is 1. The predicted molar refractivity (Wildman–Crippen MR) is 96.4 cm³/mol. The topological polar surface area (TPSA) is 45.9 Å². The van der Waals surface area contributed by atoms with Gasteiger partial charge < -0.3 is 15.0 Å². The molecule has 0 unspecified atom stereocenters. The van der Waals surface area contributed by atoms with Crippen LogP contribution in [0.1, 0.15) is 24.4 Å². The van der Waals surface area contributed by atoms with Crippen LogP contribution in [0.2, 0.25) is 0 Å². The van der Waals surface area contributed by atoms with Crippen molar-refractivity contribution in [2.75, 3.05) is 11.4 Å². The molecule has 30 heavy (non-hydrogen) atoms. The zero-order valence-electron chi connectivity index (χ0n) is 15.3. The lowest BCUT2D eigenvalue weighted by Gasteiger charge is -2.42. The molecule has 0 aliphatic carbocycles. The lowest BCUT2D eigenvalue weighted by molar-refractivity contribution is -0.174. The van der Waals surface area contributed by atoms with Crippen molar-refractivity contribution < 1.29 is 31.5 Å². The van der Waals surface area contributed by atoms with E-state index in [1.165, 1.54) is 18.2 Å². The Bertz CT molecular complexity index is 1060. The lowest BCUT2D eigenvalue weighted by Crippen LogP contribution is -2.53. The molecule has 0 saturated carbocycles. The largest absolute Gasteiger partial charge is 0.471 e. The molecule has 4 rings (SSSR count). The second-order valence-corrected chi connectivity index (χ2v) is 7.00. The van der Waals surface area contributed by atoms with Crippen LogP contribution >= 0.6 is 0 Å². The minimum absolute atomic E-state index is 0.00636. The summed E-state index contributed by atoms with van der Waals surface area (Å²) >= 11 is 0. The van der Waals surface area contributed by atoms with Gasteiger partial charge in [-0.05, 0) is 31.0 Å². The van der Waals surface area contributed by atoms with E-state index in [1.54, 1.807) is 4.90 Å². The summed E-state index contributed by atoms with van der Waals surface area (Å²) < 4.78 is 73.4. The Kier molecular flexibility index (Phi) is 4.76. The maximum Gasteiger partial charge on any atom is 0.471 e. The minimum atomic E-state index is -5.10. The number of hydrogen-bond donors (Lipinski definition) is 1. The summed E-state index contributed by atoms with van der Waals surface area (Å²) in [7, 11) is 0. The number of piperidine rings is 1. The van der Waals surface area contributed by atoms with Gasteiger partial charge in [-0.1, -0.05) is 6.07 Å². The van der Waals surface area contributed by atoms with Crippen molar-refractivity contribution in [3.63, 3.8) is 0 Å². The Morgan fingerprint density at radius 1 is 1.20 bits per heavy atom. The molecule has 1 fully saturated rings. The van der Waals surface area contributed by atoms with Crippen molar-refractivity contribution in [2.45, 2.75) is 31.1 Å². The summed E-state index contributed by atoms with van der Waals surface area (Å²) in [6.45, 7) is 7.42. The quantitative estimate of drug-likeness (QED) is 0.518. The third kappa shape index (κ3) is 3.30. The fourth-order valence-electron chi connectivity index (χ4n) is 3.96. The van der Waals surface area contributed by atoms with Gasteiger partial charge in [0.05, 0.1) is 29.9 Å². The summed E-state index contributed by atoms with van der Waals surface area (Å²) in [6, 6.07) is 4.02. The Morgan fingerprint density at radius 3 is 2.67 bits per heavy atom. The van der Waals surface area contributed by atoms with E-state index < -0.39 is 35.8 Å². The lowest BCUT2D eigenvalue weighted by atomic mass is 9.89. The third-order valence-corrected chi connectivity index (χ3v) is 5.19. The number of amides is 1. The standard InChI is InChI=1S/C20H14F5N3O2/c1-26-13-9-14-16(8-11(13)22)30-15-6-2-4-10(21)17(15)18-12(5-3-7-28(14)18)27-19(29)20(23,24)25/h2,4,6,8-9,12,18H,3,5,7H2,(H,27,29)/t12-,18-/m0/s1. The van der Waals surface area contributed by atoms with Crippen LogP contribution in [0.15, 0.2) is 30.3 Å². The molecule has 2 atom stereocenters. The molecule has 2 aromatic carbocycles. The van der Waals surface area contributed by atoms with E-state index in [2.05, 4.69) is 4.85 Å². The monoisotopic (exact) mass is 423 g/mol. The van der Waals surface area contributed by atoms with Crippen molar-refractivity contribution >= 4 is 17.3 Å². The number of fused-ring (bicyclic) bond motifs is 5. The number of anilines is 1. The third-order valence-electron chi connectivity index (χ3n) is 5.19. The molecule has 1 N–H and O–H groups in total. The van der Waals surface area contributed by atoms with E-state index in [1.807, 2.05) is 5.32 Å². The first kappa shape index (κ1) is 19.9.